The molecule has 1 fully saturated rings. The first-order valence-electron chi connectivity index (χ1n) is 13.3. The first-order chi connectivity index (χ1) is 17.1. The Morgan fingerprint density at radius 2 is 1.97 bits per heavy atom. The van der Waals surface area contributed by atoms with Gasteiger partial charge in [-0.25, -0.2) is 4.98 Å². The molecule has 1 aliphatic rings. The molecule has 3 unspecified atom stereocenters. The number of hydrogen-bond donors (Lipinski definition) is 2. The van der Waals surface area contributed by atoms with Gasteiger partial charge < -0.3 is 15.2 Å². The van der Waals surface area contributed by atoms with Gasteiger partial charge in [0.05, 0.1) is 18.4 Å². The van der Waals surface area contributed by atoms with E-state index < -0.39 is 11.7 Å². The van der Waals surface area contributed by atoms with E-state index in [1.54, 1.807) is 13.1 Å². The van der Waals surface area contributed by atoms with Gasteiger partial charge in [-0.1, -0.05) is 66.2 Å². The Morgan fingerprint density at radius 3 is 2.42 bits per heavy atom. The number of unbranched alkanes of at least 4 members (excludes halogenated alkanes) is 3. The van der Waals surface area contributed by atoms with Crippen LogP contribution in [0.5, 0.6) is 0 Å². The number of carbonyl (C=O) groups excluding carboxylic acids is 1. The molecule has 0 aromatic carbocycles. The number of aliphatic hydroxyl groups is 1. The van der Waals surface area contributed by atoms with Crippen molar-refractivity contribution in [2.45, 2.75) is 118 Å². The molecule has 0 bridgehead atoms. The maximum absolute atomic E-state index is 13.4. The highest BCUT2D eigenvalue weighted by Crippen LogP contribution is 2.29. The number of aromatic nitrogens is 2. The third-order valence-electron chi connectivity index (χ3n) is 5.80. The maximum Gasteiger partial charge on any atom is 0.310 e. The van der Waals surface area contributed by atoms with Crippen molar-refractivity contribution in [1.29, 1.82) is 0 Å². The number of hydrogen-bond acceptors (Lipinski definition) is 6. The minimum absolute atomic E-state index is 0.0617. The number of terminal acetylenes is 1. The molecule has 1 aromatic heterocycles. The molecule has 0 spiro atoms. The number of aryl methyl sites for hydroxylation is 1. The van der Waals surface area contributed by atoms with E-state index >= 15 is 0 Å². The molecule has 1 aliphatic heterocycles. The second-order valence-corrected chi connectivity index (χ2v) is 9.21. The molecule has 0 radical (unpaired) electrons. The van der Waals surface area contributed by atoms with Crippen LogP contribution in [0, 0.1) is 31.3 Å². The van der Waals surface area contributed by atoms with Crippen LogP contribution in [-0.4, -0.2) is 45.5 Å². The number of nitrogens with one attached hydrogen (secondary N) is 1. The van der Waals surface area contributed by atoms with Crippen molar-refractivity contribution in [2.75, 3.05) is 11.9 Å². The van der Waals surface area contributed by atoms with Crippen molar-refractivity contribution in [3.8, 4) is 12.3 Å². The van der Waals surface area contributed by atoms with E-state index in [-0.39, 0.29) is 30.4 Å². The lowest BCUT2D eigenvalue weighted by Crippen LogP contribution is -2.31. The minimum Gasteiger partial charge on any atom is -0.392 e. The summed E-state index contributed by atoms with van der Waals surface area (Å²) in [5.74, 6) is 2.74. The topological polar surface area (TPSA) is 96.7 Å². The number of ether oxygens (including phenoxy) is 1. The Bertz CT molecular complexity index is 839. The van der Waals surface area contributed by atoms with Gasteiger partial charge in [0.15, 0.2) is 11.4 Å². The molecule has 1 amide bonds. The van der Waals surface area contributed by atoms with Gasteiger partial charge in [-0.2, -0.15) is 9.37 Å². The Labute approximate surface area is 217 Å². The molecule has 36 heavy (non-hydrogen) atoms. The fourth-order valence-corrected chi connectivity index (χ4v) is 3.02. The summed E-state index contributed by atoms with van der Waals surface area (Å²) in [6.07, 6.45) is 14.9. The summed E-state index contributed by atoms with van der Waals surface area (Å²) in [4.78, 5) is 23.6. The minimum atomic E-state index is -0.858. The van der Waals surface area contributed by atoms with Crippen molar-refractivity contribution in [1.82, 2.24) is 9.97 Å². The predicted molar refractivity (Wildman–Crippen MR) is 146 cm³/mol. The number of nitrogens with zero attached hydrogens (tertiary/aromatic N) is 3. The van der Waals surface area contributed by atoms with Gasteiger partial charge in [0.2, 0.25) is 5.91 Å². The molecule has 1 saturated heterocycles. The summed E-state index contributed by atoms with van der Waals surface area (Å²) in [6, 6.07) is 0. The van der Waals surface area contributed by atoms with E-state index in [4.69, 9.17) is 16.3 Å². The summed E-state index contributed by atoms with van der Waals surface area (Å²) in [5.41, 5.74) is 0.167. The fraction of sp³-hybridized carbons (Fsp3) is 0.714. The molecule has 0 aliphatic carbocycles. The van der Waals surface area contributed by atoms with Crippen LogP contribution in [-0.2, 0) is 9.53 Å². The van der Waals surface area contributed by atoms with E-state index in [0.717, 1.165) is 38.5 Å². The van der Waals surface area contributed by atoms with Gasteiger partial charge in [0, 0.05) is 12.6 Å². The van der Waals surface area contributed by atoms with E-state index in [1.807, 2.05) is 13.8 Å². The fourth-order valence-electron chi connectivity index (χ4n) is 3.02. The Hall–Kier alpha value is -2.37. The molecule has 7 nitrogen and oxygen atoms in total. The molecule has 3 atom stereocenters. The van der Waals surface area contributed by atoms with Crippen LogP contribution in [0.3, 0.4) is 0 Å². The molecule has 0 saturated carbocycles. The lowest BCUT2D eigenvalue weighted by Gasteiger charge is -2.19. The van der Waals surface area contributed by atoms with Crippen LogP contribution in [0.2, 0.25) is 0 Å². The first kappa shape index (κ1) is 33.6. The van der Waals surface area contributed by atoms with Gasteiger partial charge in [0.1, 0.15) is 5.69 Å². The zero-order valence-electron chi connectivity index (χ0n) is 23.4. The summed E-state index contributed by atoms with van der Waals surface area (Å²) < 4.78 is 18.8. The highest BCUT2D eigenvalue weighted by molar-refractivity contribution is 5.93. The molecule has 8 heteroatoms. The van der Waals surface area contributed by atoms with E-state index in [2.05, 4.69) is 53.9 Å². The second-order valence-electron chi connectivity index (χ2n) is 9.21. The van der Waals surface area contributed by atoms with Crippen molar-refractivity contribution < 1.29 is 19.0 Å². The van der Waals surface area contributed by atoms with Gasteiger partial charge in [0.25, 0.3) is 0 Å². The normalized spacial score (nSPS) is 19.5. The van der Waals surface area contributed by atoms with Gasteiger partial charge in [-0.15, -0.1) is 6.42 Å². The number of aliphatic imine (C=N–C) groups is 1. The predicted octanol–water partition coefficient (Wildman–Crippen LogP) is 6.55. The van der Waals surface area contributed by atoms with Gasteiger partial charge in [-0.05, 0) is 45.4 Å². The SMILES string of the molecule is C#CC1(CO)CCC(C)O1.CCCC.CCCCCC(=O)Nc1nc(F)nc(C)c1N=CC(C)CC. The maximum atomic E-state index is 13.4. The van der Waals surface area contributed by atoms with Crippen LogP contribution in [0.4, 0.5) is 15.9 Å². The zero-order chi connectivity index (χ0) is 27.6. The number of halogens is 1. The Morgan fingerprint density at radius 1 is 1.31 bits per heavy atom. The highest BCUT2D eigenvalue weighted by Gasteiger charge is 2.35. The number of rotatable bonds is 10. The lowest BCUT2D eigenvalue weighted by atomic mass is 10.0. The third-order valence-corrected chi connectivity index (χ3v) is 5.80. The number of carbonyl (C=O) groups is 1. The quantitative estimate of drug-likeness (QED) is 0.162. The standard InChI is InChI=1S/C16H25FN4O.C8H12O2.C4H10/c1-5-7-8-9-13(22)20-15-14(18-10-11(3)6-2)12(4)19-16(17)21-15;1-3-8(6-9)5-4-7(2)10-8;1-3-4-2/h10-11H,5-9H2,1-4H3,(H,19,20,21,22);1,7,9H,4-6H2,2H3;3-4H2,1-2H3. The average molecular weight is 507 g/mol. The summed E-state index contributed by atoms with van der Waals surface area (Å²) in [7, 11) is 0. The highest BCUT2D eigenvalue weighted by atomic mass is 19.1. The number of aliphatic hydroxyl groups excluding tert-OH is 1. The second kappa shape index (κ2) is 18.8. The number of amides is 1. The van der Waals surface area contributed by atoms with Gasteiger partial charge >= 0.3 is 6.08 Å². The molecule has 2 heterocycles. The molecule has 204 valence electrons. The van der Waals surface area contributed by atoms with Crippen molar-refractivity contribution in [3.05, 3.63) is 11.8 Å². The smallest absolute Gasteiger partial charge is 0.310 e. The first-order valence-corrected chi connectivity index (χ1v) is 13.3. The average Bonchev–Trinajstić information content (AvgIpc) is 3.25. The molecule has 2 N–H and O–H groups in total. The van der Waals surface area contributed by atoms with Crippen molar-refractivity contribution in [2.24, 2.45) is 10.9 Å². The monoisotopic (exact) mass is 506 g/mol. The Kier molecular flexibility index (Phi) is 17.6. The van der Waals surface area contributed by atoms with E-state index in [0.29, 0.717) is 17.8 Å². The summed E-state index contributed by atoms with van der Waals surface area (Å²) in [6.45, 7) is 14.1. The van der Waals surface area contributed by atoms with Crippen molar-refractivity contribution >= 4 is 23.6 Å². The van der Waals surface area contributed by atoms with E-state index in [1.165, 1.54) is 12.8 Å². The van der Waals surface area contributed by atoms with Crippen LogP contribution in [0.15, 0.2) is 4.99 Å². The molecule has 2 rings (SSSR count). The van der Waals surface area contributed by atoms with Crippen LogP contribution >= 0.6 is 0 Å². The van der Waals surface area contributed by atoms with Gasteiger partial charge in [-0.3, -0.25) is 9.79 Å². The Balaban J connectivity index is 0.000000717. The van der Waals surface area contributed by atoms with E-state index in [9.17, 15) is 9.18 Å². The lowest BCUT2D eigenvalue weighted by molar-refractivity contribution is -0.116. The number of anilines is 1. The largest absolute Gasteiger partial charge is 0.392 e. The summed E-state index contributed by atoms with van der Waals surface area (Å²) in [5, 5.41) is 11.5. The summed E-state index contributed by atoms with van der Waals surface area (Å²) >= 11 is 0. The molecule has 1 aromatic rings. The van der Waals surface area contributed by atoms with Crippen LogP contribution in [0.1, 0.15) is 105 Å². The van der Waals surface area contributed by atoms with Crippen molar-refractivity contribution in [3.63, 3.8) is 0 Å². The zero-order valence-corrected chi connectivity index (χ0v) is 23.4. The van der Waals surface area contributed by atoms with Crippen LogP contribution in [0.25, 0.3) is 0 Å². The molecular formula is C28H47FN4O3. The third kappa shape index (κ3) is 13.1. The van der Waals surface area contributed by atoms with Crippen LogP contribution < -0.4 is 5.32 Å². The molecular weight excluding hydrogens is 459 g/mol.